The Balaban J connectivity index is 2.32. The van der Waals surface area contributed by atoms with E-state index in [0.717, 1.165) is 0 Å². The lowest BCUT2D eigenvalue weighted by atomic mass is 10.1. The van der Waals surface area contributed by atoms with E-state index in [-0.39, 0.29) is 11.8 Å². The van der Waals surface area contributed by atoms with Crippen molar-refractivity contribution in [2.24, 2.45) is 5.92 Å². The molecule has 1 fully saturated rings. The molecule has 4 nitrogen and oxygen atoms in total. The average molecular weight is 236 g/mol. The van der Waals surface area contributed by atoms with Gasteiger partial charge in [0.2, 0.25) is 5.91 Å². The third kappa shape index (κ3) is 2.00. The maximum absolute atomic E-state index is 11.7. The Morgan fingerprint density at radius 3 is 2.94 bits per heavy atom. The number of terminal acetylenes is 1. The average Bonchev–Trinajstić information content (AvgIpc) is 2.58. The summed E-state index contributed by atoms with van der Waals surface area (Å²) in [7, 11) is 0. The largest absolute Gasteiger partial charge is 0.295 e. The van der Waals surface area contributed by atoms with Crippen LogP contribution in [0.4, 0.5) is 5.82 Å². The molecule has 0 bridgehead atoms. The third-order valence-corrected chi connectivity index (χ3v) is 2.62. The fraction of sp³-hybridized carbons (Fsp3) is 0.364. The third-order valence-electron chi connectivity index (χ3n) is 2.43. The lowest BCUT2D eigenvalue weighted by Crippen LogP contribution is -2.25. The molecule has 1 aliphatic rings. The molecule has 16 heavy (non-hydrogen) atoms. The number of carbonyl (C=O) groups is 1. The first-order chi connectivity index (χ1) is 7.60. The summed E-state index contributed by atoms with van der Waals surface area (Å²) in [6.45, 7) is 2.23. The highest BCUT2D eigenvalue weighted by atomic mass is 35.5. The molecule has 0 radical (unpaired) electrons. The summed E-state index contributed by atoms with van der Waals surface area (Å²) in [6, 6.07) is 1.57. The molecule has 0 aromatic carbocycles. The highest BCUT2D eigenvalue weighted by molar-refractivity contribution is 6.29. The van der Waals surface area contributed by atoms with E-state index >= 15 is 0 Å². The number of anilines is 1. The Labute approximate surface area is 98.6 Å². The van der Waals surface area contributed by atoms with E-state index in [1.807, 2.05) is 0 Å². The number of halogens is 1. The Hall–Kier alpha value is -1.60. The normalized spacial score (nSPS) is 19.9. The Morgan fingerprint density at radius 1 is 1.62 bits per heavy atom. The van der Waals surface area contributed by atoms with E-state index in [4.69, 9.17) is 18.0 Å². The van der Waals surface area contributed by atoms with Crippen LogP contribution in [0.25, 0.3) is 0 Å². The monoisotopic (exact) mass is 235 g/mol. The quantitative estimate of drug-likeness (QED) is 0.546. The molecule has 1 aromatic heterocycles. The SMILES string of the molecule is C#CC1CC(=O)N(c2cc(Cl)nc(C)n2)C1. The second kappa shape index (κ2) is 4.11. The van der Waals surface area contributed by atoms with Crippen LogP contribution in [0.2, 0.25) is 5.15 Å². The van der Waals surface area contributed by atoms with Gasteiger partial charge in [-0.25, -0.2) is 9.97 Å². The molecule has 5 heteroatoms. The van der Waals surface area contributed by atoms with Crippen molar-refractivity contribution in [2.75, 3.05) is 11.4 Å². The van der Waals surface area contributed by atoms with E-state index in [1.165, 1.54) is 0 Å². The van der Waals surface area contributed by atoms with Crippen molar-refractivity contribution in [1.82, 2.24) is 9.97 Å². The zero-order valence-corrected chi connectivity index (χ0v) is 9.53. The number of nitrogens with zero attached hydrogens (tertiary/aromatic N) is 3. The highest BCUT2D eigenvalue weighted by Crippen LogP contribution is 2.24. The Morgan fingerprint density at radius 2 is 2.38 bits per heavy atom. The molecule has 0 N–H and O–H groups in total. The number of aryl methyl sites for hydroxylation is 1. The first-order valence-electron chi connectivity index (χ1n) is 4.88. The number of aromatic nitrogens is 2. The number of hydrogen-bond donors (Lipinski definition) is 0. The van der Waals surface area contributed by atoms with Crippen molar-refractivity contribution >= 4 is 23.3 Å². The van der Waals surface area contributed by atoms with Crippen LogP contribution < -0.4 is 4.90 Å². The number of hydrogen-bond acceptors (Lipinski definition) is 3. The van der Waals surface area contributed by atoms with Crippen LogP contribution in [0, 0.1) is 25.2 Å². The first-order valence-corrected chi connectivity index (χ1v) is 5.25. The second-order valence-corrected chi connectivity index (χ2v) is 4.06. The summed E-state index contributed by atoms with van der Waals surface area (Å²) in [6.07, 6.45) is 5.68. The van der Waals surface area contributed by atoms with Crippen LogP contribution in [0.3, 0.4) is 0 Å². The zero-order chi connectivity index (χ0) is 11.7. The van der Waals surface area contributed by atoms with Gasteiger partial charge < -0.3 is 0 Å². The van der Waals surface area contributed by atoms with Crippen LogP contribution in [0.15, 0.2) is 6.07 Å². The van der Waals surface area contributed by atoms with Gasteiger partial charge in [-0.2, -0.15) is 0 Å². The molecule has 1 atom stereocenters. The molecule has 2 heterocycles. The van der Waals surface area contributed by atoms with E-state index in [2.05, 4.69) is 15.9 Å². The van der Waals surface area contributed by atoms with Gasteiger partial charge >= 0.3 is 0 Å². The Kier molecular flexibility index (Phi) is 2.80. The van der Waals surface area contributed by atoms with Gasteiger partial charge in [0.1, 0.15) is 16.8 Å². The van der Waals surface area contributed by atoms with Gasteiger partial charge in [-0.1, -0.05) is 11.6 Å². The molecule has 0 saturated carbocycles. The molecule has 1 aliphatic heterocycles. The van der Waals surface area contributed by atoms with Gasteiger partial charge in [-0.3, -0.25) is 9.69 Å². The minimum Gasteiger partial charge on any atom is -0.295 e. The maximum Gasteiger partial charge on any atom is 0.229 e. The summed E-state index contributed by atoms with van der Waals surface area (Å²) in [5, 5.41) is 0.333. The van der Waals surface area contributed by atoms with Crippen molar-refractivity contribution in [1.29, 1.82) is 0 Å². The molecular formula is C11H10ClN3O. The fourth-order valence-electron chi connectivity index (χ4n) is 1.70. The lowest BCUT2D eigenvalue weighted by Gasteiger charge is -2.14. The van der Waals surface area contributed by atoms with E-state index in [1.54, 1.807) is 17.9 Å². The molecule has 1 amide bonds. The highest BCUT2D eigenvalue weighted by Gasteiger charge is 2.30. The predicted octanol–water partition coefficient (Wildman–Crippen LogP) is 1.42. The molecule has 0 spiro atoms. The van der Waals surface area contributed by atoms with Crippen LogP contribution in [0.1, 0.15) is 12.2 Å². The van der Waals surface area contributed by atoms with E-state index < -0.39 is 0 Å². The molecule has 1 aromatic rings. The topological polar surface area (TPSA) is 46.1 Å². The van der Waals surface area contributed by atoms with Gasteiger partial charge in [0, 0.05) is 24.9 Å². The standard InChI is InChI=1S/C11H10ClN3O/c1-3-8-4-11(16)15(6-8)10-5-9(12)13-7(2)14-10/h1,5,8H,4,6H2,2H3. The first kappa shape index (κ1) is 10.9. The van der Waals surface area contributed by atoms with Gasteiger partial charge in [0.25, 0.3) is 0 Å². The van der Waals surface area contributed by atoms with Crippen LogP contribution in [-0.4, -0.2) is 22.4 Å². The van der Waals surface area contributed by atoms with Crippen molar-refractivity contribution in [2.45, 2.75) is 13.3 Å². The van der Waals surface area contributed by atoms with E-state index in [9.17, 15) is 4.79 Å². The fourth-order valence-corrected chi connectivity index (χ4v) is 1.92. The second-order valence-electron chi connectivity index (χ2n) is 3.67. The van der Waals surface area contributed by atoms with Crippen LogP contribution >= 0.6 is 11.6 Å². The van der Waals surface area contributed by atoms with Crippen molar-refractivity contribution < 1.29 is 4.79 Å². The summed E-state index contributed by atoms with van der Waals surface area (Å²) in [5.41, 5.74) is 0. The van der Waals surface area contributed by atoms with Gasteiger partial charge in [0.15, 0.2) is 0 Å². The molecule has 0 aliphatic carbocycles. The molecule has 2 rings (SSSR count). The summed E-state index contributed by atoms with van der Waals surface area (Å²) in [5.74, 6) is 3.60. The summed E-state index contributed by atoms with van der Waals surface area (Å²) in [4.78, 5) is 21.4. The molecule has 1 saturated heterocycles. The minimum atomic E-state index is -0.0402. The number of carbonyl (C=O) groups excluding carboxylic acids is 1. The van der Waals surface area contributed by atoms with Gasteiger partial charge in [-0.15, -0.1) is 12.3 Å². The van der Waals surface area contributed by atoms with Gasteiger partial charge in [-0.05, 0) is 6.92 Å². The predicted molar refractivity (Wildman–Crippen MR) is 61.1 cm³/mol. The maximum atomic E-state index is 11.7. The lowest BCUT2D eigenvalue weighted by molar-refractivity contribution is -0.117. The van der Waals surface area contributed by atoms with Crippen molar-refractivity contribution in [3.05, 3.63) is 17.0 Å². The zero-order valence-electron chi connectivity index (χ0n) is 8.77. The molecule has 82 valence electrons. The molecular weight excluding hydrogens is 226 g/mol. The number of amides is 1. The van der Waals surface area contributed by atoms with Crippen molar-refractivity contribution in [3.8, 4) is 12.3 Å². The van der Waals surface area contributed by atoms with Crippen molar-refractivity contribution in [3.63, 3.8) is 0 Å². The van der Waals surface area contributed by atoms with Gasteiger partial charge in [0.05, 0.1) is 0 Å². The number of rotatable bonds is 1. The van der Waals surface area contributed by atoms with Crippen LogP contribution in [0.5, 0.6) is 0 Å². The van der Waals surface area contributed by atoms with Crippen LogP contribution in [-0.2, 0) is 4.79 Å². The smallest absolute Gasteiger partial charge is 0.229 e. The minimum absolute atomic E-state index is 0.0166. The summed E-state index contributed by atoms with van der Waals surface area (Å²) < 4.78 is 0. The Bertz CT molecular complexity index is 460. The van der Waals surface area contributed by atoms with E-state index in [0.29, 0.717) is 29.8 Å². The summed E-state index contributed by atoms with van der Waals surface area (Å²) >= 11 is 5.82. The molecule has 1 unspecified atom stereocenters.